The summed E-state index contributed by atoms with van der Waals surface area (Å²) in [5.74, 6) is 0.743. The summed E-state index contributed by atoms with van der Waals surface area (Å²) in [6, 6.07) is 5.49. The number of halogens is 2. The molecule has 0 unspecified atom stereocenters. The van der Waals surface area contributed by atoms with E-state index in [4.69, 9.17) is 37.9 Å². The van der Waals surface area contributed by atoms with Crippen LogP contribution in [0.15, 0.2) is 18.2 Å². The lowest BCUT2D eigenvalue weighted by Crippen LogP contribution is -2.43. The highest BCUT2D eigenvalue weighted by atomic mass is 35.5. The molecular weight excluding hydrogens is 437 g/mol. The van der Waals surface area contributed by atoms with Gasteiger partial charge in [0.1, 0.15) is 5.82 Å². The number of benzene rings is 1. The van der Waals surface area contributed by atoms with Crippen molar-refractivity contribution in [2.75, 3.05) is 32.1 Å². The van der Waals surface area contributed by atoms with E-state index in [0.29, 0.717) is 36.0 Å². The van der Waals surface area contributed by atoms with Crippen molar-refractivity contribution in [3.05, 3.63) is 39.6 Å². The monoisotopic (exact) mass is 465 g/mol. The Kier molecular flexibility index (Phi) is 7.97. The number of hydrogen-bond acceptors (Lipinski definition) is 6. The maximum absolute atomic E-state index is 12.0. The summed E-state index contributed by atoms with van der Waals surface area (Å²) in [5, 5.41) is 8.13. The maximum Gasteiger partial charge on any atom is 0.409 e. The van der Waals surface area contributed by atoms with E-state index in [-0.39, 0.29) is 18.2 Å². The van der Waals surface area contributed by atoms with E-state index in [1.165, 1.54) is 7.11 Å². The number of aryl methyl sites for hydroxylation is 2. The minimum Gasteiger partial charge on any atom is -0.453 e. The molecule has 9 heteroatoms. The Balaban J connectivity index is 1.95. The van der Waals surface area contributed by atoms with Crippen LogP contribution in [0, 0.1) is 0 Å². The van der Waals surface area contributed by atoms with Crippen molar-refractivity contribution in [3.63, 3.8) is 0 Å². The first-order chi connectivity index (χ1) is 14.9. The minimum atomic E-state index is -0.323. The van der Waals surface area contributed by atoms with Crippen LogP contribution in [0.2, 0.25) is 10.0 Å². The van der Waals surface area contributed by atoms with E-state index >= 15 is 0 Å². The Morgan fingerprint density at radius 1 is 1.13 bits per heavy atom. The molecule has 2 heterocycles. The molecule has 2 N–H and O–H groups in total. The third-order valence-electron chi connectivity index (χ3n) is 5.44. The highest BCUT2D eigenvalue weighted by Crippen LogP contribution is 2.33. The molecule has 31 heavy (non-hydrogen) atoms. The van der Waals surface area contributed by atoms with Crippen LogP contribution in [-0.2, 0) is 17.6 Å². The number of carbonyl (C=O) groups is 1. The Hall–Kier alpha value is -2.09. The second-order valence-corrected chi connectivity index (χ2v) is 8.28. The maximum atomic E-state index is 12.0. The highest BCUT2D eigenvalue weighted by Gasteiger charge is 2.36. The molecule has 7 nitrogen and oxygen atoms in total. The van der Waals surface area contributed by atoms with E-state index in [0.717, 1.165) is 35.0 Å². The van der Waals surface area contributed by atoms with Crippen molar-refractivity contribution in [1.82, 2.24) is 20.2 Å². The van der Waals surface area contributed by atoms with Gasteiger partial charge < -0.3 is 20.3 Å². The first-order valence-electron chi connectivity index (χ1n) is 10.6. The van der Waals surface area contributed by atoms with Gasteiger partial charge in [-0.25, -0.2) is 14.8 Å². The highest BCUT2D eigenvalue weighted by molar-refractivity contribution is 6.36. The minimum absolute atomic E-state index is 0.00618. The number of carbonyl (C=O) groups excluding carboxylic acids is 1. The van der Waals surface area contributed by atoms with Gasteiger partial charge in [-0.2, -0.15) is 0 Å². The zero-order valence-electron chi connectivity index (χ0n) is 18.3. The predicted octanol–water partition coefficient (Wildman–Crippen LogP) is 4.42. The smallest absolute Gasteiger partial charge is 0.409 e. The van der Waals surface area contributed by atoms with E-state index in [1.807, 2.05) is 26.0 Å². The van der Waals surface area contributed by atoms with Gasteiger partial charge >= 0.3 is 6.09 Å². The SMILES string of the molecule is CCN[C@H]1CN(C(=O)OC)C[C@H]1Nc1nc(CC)c(-c2ccc(Cl)cc2Cl)nc1CC. The molecule has 1 aromatic carbocycles. The molecule has 0 saturated carbocycles. The molecule has 168 valence electrons. The average molecular weight is 466 g/mol. The van der Waals surface area contributed by atoms with Crippen molar-refractivity contribution >= 4 is 35.1 Å². The van der Waals surface area contributed by atoms with Gasteiger partial charge in [-0.3, -0.25) is 0 Å². The van der Waals surface area contributed by atoms with Gasteiger partial charge in [0, 0.05) is 29.7 Å². The van der Waals surface area contributed by atoms with Gasteiger partial charge in [0.2, 0.25) is 0 Å². The van der Waals surface area contributed by atoms with E-state index in [2.05, 4.69) is 17.6 Å². The number of hydrogen-bond donors (Lipinski definition) is 2. The number of aromatic nitrogens is 2. The Bertz CT molecular complexity index is 940. The number of likely N-dealkylation sites (tertiary alicyclic amines) is 1. The lowest BCUT2D eigenvalue weighted by Gasteiger charge is -2.23. The first kappa shape index (κ1) is 23.6. The summed E-state index contributed by atoms with van der Waals surface area (Å²) in [5.41, 5.74) is 3.30. The molecule has 1 aliphatic rings. The number of nitrogens with zero attached hydrogens (tertiary/aromatic N) is 3. The summed E-state index contributed by atoms with van der Waals surface area (Å²) in [6.45, 7) is 8.05. The number of likely N-dealkylation sites (N-methyl/N-ethyl adjacent to an activating group) is 1. The molecule has 1 aliphatic heterocycles. The molecule has 1 amide bonds. The summed E-state index contributed by atoms with van der Waals surface area (Å²) >= 11 is 12.5. The topological polar surface area (TPSA) is 79.4 Å². The van der Waals surface area contributed by atoms with Gasteiger partial charge in [-0.1, -0.05) is 44.0 Å². The normalized spacial score (nSPS) is 18.3. The Labute approximate surface area is 193 Å². The summed E-state index contributed by atoms with van der Waals surface area (Å²) in [6.07, 6.45) is 1.09. The van der Waals surface area contributed by atoms with Crippen LogP contribution < -0.4 is 10.6 Å². The van der Waals surface area contributed by atoms with Crippen LogP contribution in [0.3, 0.4) is 0 Å². The van der Waals surface area contributed by atoms with Crippen LogP contribution in [0.25, 0.3) is 11.3 Å². The fraction of sp³-hybridized carbons (Fsp3) is 0.500. The Morgan fingerprint density at radius 3 is 2.45 bits per heavy atom. The quantitative estimate of drug-likeness (QED) is 0.629. The first-order valence-corrected chi connectivity index (χ1v) is 11.3. The molecule has 0 spiro atoms. The fourth-order valence-electron chi connectivity index (χ4n) is 3.88. The Morgan fingerprint density at radius 2 is 1.84 bits per heavy atom. The van der Waals surface area contributed by atoms with E-state index in [1.54, 1.807) is 11.0 Å². The van der Waals surface area contributed by atoms with Gasteiger partial charge in [0.05, 0.1) is 35.3 Å². The van der Waals surface area contributed by atoms with Crippen LogP contribution in [0.1, 0.15) is 32.2 Å². The number of methoxy groups -OCH3 is 1. The number of rotatable bonds is 7. The second kappa shape index (κ2) is 10.5. The van der Waals surface area contributed by atoms with Crippen molar-refractivity contribution in [2.45, 2.75) is 45.7 Å². The summed E-state index contributed by atoms with van der Waals surface area (Å²) in [4.78, 5) is 23.6. The lowest BCUT2D eigenvalue weighted by atomic mass is 10.1. The van der Waals surface area contributed by atoms with Crippen LogP contribution in [-0.4, -0.2) is 59.8 Å². The van der Waals surface area contributed by atoms with Crippen molar-refractivity contribution in [1.29, 1.82) is 0 Å². The van der Waals surface area contributed by atoms with E-state index in [9.17, 15) is 4.79 Å². The molecule has 1 fully saturated rings. The van der Waals surface area contributed by atoms with Gasteiger partial charge in [0.25, 0.3) is 0 Å². The summed E-state index contributed by atoms with van der Waals surface area (Å²) < 4.78 is 4.91. The number of amides is 1. The number of anilines is 1. The fourth-order valence-corrected chi connectivity index (χ4v) is 4.38. The largest absolute Gasteiger partial charge is 0.453 e. The van der Waals surface area contributed by atoms with Gasteiger partial charge in [0.15, 0.2) is 0 Å². The molecule has 1 saturated heterocycles. The third kappa shape index (κ3) is 5.22. The van der Waals surface area contributed by atoms with Gasteiger partial charge in [-0.15, -0.1) is 0 Å². The molecule has 0 bridgehead atoms. The van der Waals surface area contributed by atoms with Crippen LogP contribution in [0.5, 0.6) is 0 Å². The molecule has 2 atom stereocenters. The zero-order chi connectivity index (χ0) is 22.5. The number of ether oxygens (including phenoxy) is 1. The predicted molar refractivity (Wildman–Crippen MR) is 125 cm³/mol. The van der Waals surface area contributed by atoms with E-state index < -0.39 is 0 Å². The molecular formula is C22H29Cl2N5O2. The zero-order valence-corrected chi connectivity index (χ0v) is 19.8. The van der Waals surface area contributed by atoms with Gasteiger partial charge in [-0.05, 0) is 37.6 Å². The molecule has 1 aromatic heterocycles. The molecule has 2 aromatic rings. The van der Waals surface area contributed by atoms with Crippen LogP contribution in [0.4, 0.5) is 10.6 Å². The standard InChI is InChI=1S/C22H29Cl2N5O2/c1-5-16-20(14-9-8-13(23)10-15(14)24)26-17(6-2)21(27-16)28-19-12-29(22(30)31-4)11-18(19)25-7-3/h8-10,18-19,25H,5-7,11-12H2,1-4H3,(H,27,28)/t18-,19+/m0/s1. The lowest BCUT2D eigenvalue weighted by molar-refractivity contribution is 0.132. The molecule has 0 aliphatic carbocycles. The van der Waals surface area contributed by atoms with Crippen molar-refractivity contribution in [3.8, 4) is 11.3 Å². The average Bonchev–Trinajstić information content (AvgIpc) is 3.15. The molecule has 3 rings (SSSR count). The second-order valence-electron chi connectivity index (χ2n) is 7.44. The third-order valence-corrected chi connectivity index (χ3v) is 5.99. The summed E-state index contributed by atoms with van der Waals surface area (Å²) in [7, 11) is 1.40. The van der Waals surface area contributed by atoms with Crippen molar-refractivity contribution in [2.24, 2.45) is 0 Å². The number of nitrogens with one attached hydrogen (secondary N) is 2. The molecule has 0 radical (unpaired) electrons. The van der Waals surface area contributed by atoms with Crippen LogP contribution >= 0.6 is 23.2 Å². The van der Waals surface area contributed by atoms with Crippen molar-refractivity contribution < 1.29 is 9.53 Å².